The van der Waals surface area contributed by atoms with E-state index in [9.17, 15) is 0 Å². The first-order valence-electron chi connectivity index (χ1n) is 11.2. The first-order valence-corrected chi connectivity index (χ1v) is 11.6. The molecule has 0 saturated carbocycles. The van der Waals surface area contributed by atoms with Gasteiger partial charge in [-0.25, -0.2) is 15.0 Å². The molecule has 0 amide bonds. The number of fused-ring (bicyclic) bond motifs is 2. The standard InChI is InChI=1S/C24H23ClN8O/c1-32-14-29-18-11-16(5-6-20(18)32)34-21-7-4-15(10-17(21)25)30-23-22-19(27-13-28-23)12-26-24(31-22)33-8-2-3-9-33/h4-7,10-14,24,31H,2-3,8-9H2,1H3,(H,27,28,30). The summed E-state index contributed by atoms with van der Waals surface area (Å²) in [6.07, 6.45) is 7.40. The molecule has 6 rings (SSSR count). The Balaban J connectivity index is 1.21. The van der Waals surface area contributed by atoms with Crippen LogP contribution < -0.4 is 15.4 Å². The minimum atomic E-state index is -0.0997. The van der Waals surface area contributed by atoms with E-state index in [1.807, 2.05) is 54.2 Å². The molecule has 2 aromatic heterocycles. The maximum absolute atomic E-state index is 6.56. The molecular weight excluding hydrogens is 452 g/mol. The number of aryl methyl sites for hydroxylation is 1. The smallest absolute Gasteiger partial charge is 0.176 e. The fraction of sp³-hybridized carbons (Fsp3) is 0.250. The predicted octanol–water partition coefficient (Wildman–Crippen LogP) is 4.78. The third kappa shape index (κ3) is 3.93. The summed E-state index contributed by atoms with van der Waals surface area (Å²) in [5.41, 5.74) is 4.28. The van der Waals surface area contributed by atoms with E-state index in [0.717, 1.165) is 41.2 Å². The summed E-state index contributed by atoms with van der Waals surface area (Å²) in [6.45, 7) is 2.07. The van der Waals surface area contributed by atoms with Crippen LogP contribution in [0, 0.1) is 0 Å². The van der Waals surface area contributed by atoms with Gasteiger partial charge in [-0.05, 0) is 43.2 Å². The molecule has 1 atom stereocenters. The molecule has 2 aliphatic rings. The van der Waals surface area contributed by atoms with E-state index >= 15 is 0 Å². The number of hydrogen-bond acceptors (Lipinski definition) is 8. The number of anilines is 3. The summed E-state index contributed by atoms with van der Waals surface area (Å²) in [7, 11) is 1.96. The summed E-state index contributed by atoms with van der Waals surface area (Å²) >= 11 is 6.56. The van der Waals surface area contributed by atoms with Crippen molar-refractivity contribution in [2.45, 2.75) is 19.1 Å². The van der Waals surface area contributed by atoms with E-state index in [1.165, 1.54) is 19.2 Å². The quantitative estimate of drug-likeness (QED) is 0.430. The highest BCUT2D eigenvalue weighted by atomic mass is 35.5. The number of benzene rings is 2. The van der Waals surface area contributed by atoms with Gasteiger partial charge in [0, 0.05) is 31.9 Å². The zero-order chi connectivity index (χ0) is 23.1. The molecular formula is C24H23ClN8O. The first-order chi connectivity index (χ1) is 16.6. The average molecular weight is 475 g/mol. The molecule has 4 aromatic rings. The maximum Gasteiger partial charge on any atom is 0.176 e. The van der Waals surface area contributed by atoms with Gasteiger partial charge in [0.2, 0.25) is 0 Å². The monoisotopic (exact) mass is 474 g/mol. The number of aromatic nitrogens is 4. The molecule has 2 aliphatic heterocycles. The van der Waals surface area contributed by atoms with Crippen LogP contribution in [0.5, 0.6) is 11.5 Å². The zero-order valence-electron chi connectivity index (χ0n) is 18.6. The number of nitrogens with one attached hydrogen (secondary N) is 2. The fourth-order valence-corrected chi connectivity index (χ4v) is 4.54. The lowest BCUT2D eigenvalue weighted by molar-refractivity contribution is 0.274. The molecule has 2 N–H and O–H groups in total. The van der Waals surface area contributed by atoms with Crippen molar-refractivity contribution in [3.63, 3.8) is 0 Å². The van der Waals surface area contributed by atoms with Gasteiger partial charge < -0.3 is 19.9 Å². The molecule has 0 spiro atoms. The van der Waals surface area contributed by atoms with E-state index in [4.69, 9.17) is 16.3 Å². The molecule has 1 saturated heterocycles. The number of halogens is 1. The number of nitrogens with zero attached hydrogens (tertiary/aromatic N) is 6. The van der Waals surface area contributed by atoms with Crippen LogP contribution in [0.15, 0.2) is 54.0 Å². The van der Waals surface area contributed by atoms with E-state index in [1.54, 1.807) is 6.33 Å². The second kappa shape index (κ2) is 8.58. The normalized spacial score (nSPS) is 17.5. The van der Waals surface area contributed by atoms with Crippen LogP contribution in [0.2, 0.25) is 5.02 Å². The number of hydrogen-bond donors (Lipinski definition) is 2. The van der Waals surface area contributed by atoms with Crippen molar-refractivity contribution in [1.82, 2.24) is 24.4 Å². The number of rotatable bonds is 5. The highest BCUT2D eigenvalue weighted by molar-refractivity contribution is 6.32. The summed E-state index contributed by atoms with van der Waals surface area (Å²) in [6, 6.07) is 11.3. The van der Waals surface area contributed by atoms with Crippen molar-refractivity contribution < 1.29 is 4.74 Å². The predicted molar refractivity (Wildman–Crippen MR) is 133 cm³/mol. The second-order valence-corrected chi connectivity index (χ2v) is 8.81. The van der Waals surface area contributed by atoms with Gasteiger partial charge in [0.1, 0.15) is 29.2 Å². The molecule has 1 fully saturated rings. The van der Waals surface area contributed by atoms with Crippen LogP contribution in [0.4, 0.5) is 17.2 Å². The first kappa shape index (κ1) is 20.9. The average Bonchev–Trinajstić information content (AvgIpc) is 3.51. The van der Waals surface area contributed by atoms with Crippen LogP contribution in [-0.2, 0) is 7.05 Å². The van der Waals surface area contributed by atoms with Crippen LogP contribution >= 0.6 is 11.6 Å². The topological polar surface area (TPSA) is 92.5 Å². The Hall–Kier alpha value is -3.69. The Bertz CT molecular complexity index is 1400. The van der Waals surface area contributed by atoms with Gasteiger partial charge in [0.15, 0.2) is 12.1 Å². The van der Waals surface area contributed by atoms with Gasteiger partial charge in [-0.3, -0.25) is 9.89 Å². The maximum atomic E-state index is 6.56. The lowest BCUT2D eigenvalue weighted by Gasteiger charge is -2.29. The van der Waals surface area contributed by atoms with Crippen LogP contribution in [0.25, 0.3) is 11.0 Å². The summed E-state index contributed by atoms with van der Waals surface area (Å²) in [5.74, 6) is 1.91. The van der Waals surface area contributed by atoms with Gasteiger partial charge in [0.25, 0.3) is 0 Å². The Kier molecular flexibility index (Phi) is 5.27. The number of aliphatic imine (C=N–C) groups is 1. The highest BCUT2D eigenvalue weighted by Gasteiger charge is 2.26. The molecule has 2 aromatic carbocycles. The minimum Gasteiger partial charge on any atom is -0.456 e. The molecule has 1 unspecified atom stereocenters. The largest absolute Gasteiger partial charge is 0.456 e. The number of imidazole rings is 1. The molecule has 0 bridgehead atoms. The number of likely N-dealkylation sites (tertiary alicyclic amines) is 1. The van der Waals surface area contributed by atoms with E-state index in [0.29, 0.717) is 22.3 Å². The molecule has 9 nitrogen and oxygen atoms in total. The van der Waals surface area contributed by atoms with Crippen LogP contribution in [0.3, 0.4) is 0 Å². The van der Waals surface area contributed by atoms with Crippen LogP contribution in [-0.4, -0.2) is 50.0 Å². The minimum absolute atomic E-state index is 0.0997. The Morgan fingerprint density at radius 3 is 2.82 bits per heavy atom. The summed E-state index contributed by atoms with van der Waals surface area (Å²) in [4.78, 5) is 20.1. The Morgan fingerprint density at radius 1 is 1.09 bits per heavy atom. The Labute approximate surface area is 201 Å². The summed E-state index contributed by atoms with van der Waals surface area (Å²) < 4.78 is 7.99. The zero-order valence-corrected chi connectivity index (χ0v) is 19.3. The highest BCUT2D eigenvalue weighted by Crippen LogP contribution is 2.35. The van der Waals surface area contributed by atoms with Crippen molar-refractivity contribution in [2.75, 3.05) is 23.7 Å². The molecule has 4 heterocycles. The van der Waals surface area contributed by atoms with Crippen LogP contribution in [0.1, 0.15) is 18.5 Å². The van der Waals surface area contributed by atoms with E-state index < -0.39 is 0 Å². The Morgan fingerprint density at radius 2 is 1.97 bits per heavy atom. The summed E-state index contributed by atoms with van der Waals surface area (Å²) in [5, 5.41) is 7.32. The van der Waals surface area contributed by atoms with Gasteiger partial charge in [-0.1, -0.05) is 11.6 Å². The van der Waals surface area contributed by atoms with Gasteiger partial charge >= 0.3 is 0 Å². The third-order valence-electron chi connectivity index (χ3n) is 6.09. The van der Waals surface area contributed by atoms with Crippen molar-refractivity contribution in [1.29, 1.82) is 0 Å². The van der Waals surface area contributed by atoms with Crippen molar-refractivity contribution in [2.24, 2.45) is 12.0 Å². The van der Waals surface area contributed by atoms with Crippen molar-refractivity contribution >= 4 is 46.0 Å². The van der Waals surface area contributed by atoms with Gasteiger partial charge in [0.05, 0.1) is 28.6 Å². The lowest BCUT2D eigenvalue weighted by atomic mass is 10.2. The molecule has 10 heteroatoms. The molecule has 0 aliphatic carbocycles. The van der Waals surface area contributed by atoms with Crippen molar-refractivity contribution in [3.8, 4) is 11.5 Å². The van der Waals surface area contributed by atoms with Gasteiger partial charge in [-0.2, -0.15) is 0 Å². The van der Waals surface area contributed by atoms with E-state index in [2.05, 4.69) is 35.5 Å². The van der Waals surface area contributed by atoms with Crippen molar-refractivity contribution in [3.05, 3.63) is 59.8 Å². The molecule has 172 valence electrons. The second-order valence-electron chi connectivity index (χ2n) is 8.40. The third-order valence-corrected chi connectivity index (χ3v) is 6.39. The van der Waals surface area contributed by atoms with E-state index in [-0.39, 0.29) is 6.29 Å². The lowest BCUT2D eigenvalue weighted by Crippen LogP contribution is -2.39. The molecule has 34 heavy (non-hydrogen) atoms. The fourth-order valence-electron chi connectivity index (χ4n) is 4.32. The van der Waals surface area contributed by atoms with Gasteiger partial charge in [-0.15, -0.1) is 0 Å². The number of ether oxygens (including phenoxy) is 1. The molecule has 0 radical (unpaired) electrons. The SMILES string of the molecule is Cn1cnc2cc(Oc3ccc(Nc4ncnc5c4NC(N4CCCC4)N=C5)cc3Cl)ccc21.